The van der Waals surface area contributed by atoms with Crippen LogP contribution < -0.4 is 10.1 Å². The number of aryl methyl sites for hydroxylation is 1. The first-order valence-corrected chi connectivity index (χ1v) is 9.90. The summed E-state index contributed by atoms with van der Waals surface area (Å²) in [7, 11) is 0. The number of aromatic nitrogens is 2. The molecule has 1 aromatic carbocycles. The molecule has 0 bridgehead atoms. The number of aromatic hydroxyl groups is 1. The second kappa shape index (κ2) is 10.1. The van der Waals surface area contributed by atoms with Crippen LogP contribution in [0.1, 0.15) is 30.4 Å². The quantitative estimate of drug-likeness (QED) is 0.614. The zero-order valence-corrected chi connectivity index (χ0v) is 17.0. The molecule has 8 nitrogen and oxygen atoms in total. The summed E-state index contributed by atoms with van der Waals surface area (Å²) in [5.41, 5.74) is 1.24. The van der Waals surface area contributed by atoms with E-state index >= 15 is 0 Å². The fourth-order valence-corrected chi connectivity index (χ4v) is 3.75. The predicted molar refractivity (Wildman–Crippen MR) is 109 cm³/mol. The number of phenols is 1. The first-order valence-electron chi connectivity index (χ1n) is 9.90. The van der Waals surface area contributed by atoms with Crippen molar-refractivity contribution in [2.24, 2.45) is 0 Å². The number of nitrogens with zero attached hydrogens (tertiary/aromatic N) is 4. The predicted octanol–water partition coefficient (Wildman–Crippen LogP) is 3.10. The molecule has 1 atom stereocenters. The van der Waals surface area contributed by atoms with Gasteiger partial charge in [-0.2, -0.15) is 14.0 Å². The number of benzene rings is 1. The molecular formula is C21H23F2N5O3. The number of ether oxygens (including phenoxy) is 1. The van der Waals surface area contributed by atoms with Crippen molar-refractivity contribution in [2.75, 3.05) is 25.0 Å². The van der Waals surface area contributed by atoms with Gasteiger partial charge in [-0.3, -0.25) is 0 Å². The minimum absolute atomic E-state index is 0.0635. The van der Waals surface area contributed by atoms with Gasteiger partial charge < -0.3 is 24.9 Å². The number of carbonyl (C=O) groups excluding carboxylic acids is 1. The molecule has 0 spiro atoms. The molecule has 2 N–H and O–H groups in total. The normalized spacial score (nSPS) is 16.7. The second-order valence-electron chi connectivity index (χ2n) is 7.36. The fraction of sp³-hybridized carbons (Fsp3) is 0.429. The van der Waals surface area contributed by atoms with E-state index in [-0.39, 0.29) is 34.4 Å². The zero-order valence-electron chi connectivity index (χ0n) is 17.0. The standard InChI is InChI=1S/C21H23F2N5O3/c1-13-8-16(31-21(22)23)10-18(30)19(13)17-9-14(11-24)20(27-26-17)25-15-4-2-5-28(12-15)6-3-7-29/h7-10,15,21,30H,2-6,12H2,1H3,(H,25,27). The Morgan fingerprint density at radius 1 is 1.42 bits per heavy atom. The first kappa shape index (κ1) is 22.4. The van der Waals surface area contributed by atoms with Crippen LogP contribution in [0.15, 0.2) is 18.2 Å². The highest BCUT2D eigenvalue weighted by molar-refractivity contribution is 5.73. The highest BCUT2D eigenvalue weighted by atomic mass is 19.3. The van der Waals surface area contributed by atoms with E-state index in [1.54, 1.807) is 6.92 Å². The molecule has 0 saturated carbocycles. The number of anilines is 1. The first-order chi connectivity index (χ1) is 14.9. The van der Waals surface area contributed by atoms with Gasteiger partial charge in [0.1, 0.15) is 23.9 Å². The van der Waals surface area contributed by atoms with Crippen LogP contribution in [0.5, 0.6) is 11.5 Å². The number of hydrogen-bond acceptors (Lipinski definition) is 8. The number of piperidine rings is 1. The molecule has 0 radical (unpaired) electrons. The van der Waals surface area contributed by atoms with Gasteiger partial charge in [-0.05, 0) is 44.0 Å². The van der Waals surface area contributed by atoms with Crippen LogP contribution in [0, 0.1) is 18.3 Å². The number of halogens is 2. The van der Waals surface area contributed by atoms with Crippen molar-refractivity contribution in [1.29, 1.82) is 5.26 Å². The molecule has 1 aromatic heterocycles. The summed E-state index contributed by atoms with van der Waals surface area (Å²) in [5, 5.41) is 31.4. The average Bonchev–Trinajstić information content (AvgIpc) is 2.72. The van der Waals surface area contributed by atoms with Crippen LogP contribution in [-0.2, 0) is 4.79 Å². The Balaban J connectivity index is 1.81. The van der Waals surface area contributed by atoms with Gasteiger partial charge in [-0.15, -0.1) is 10.2 Å². The van der Waals surface area contributed by atoms with Gasteiger partial charge in [0.25, 0.3) is 0 Å². The maximum absolute atomic E-state index is 12.4. The summed E-state index contributed by atoms with van der Waals surface area (Å²) in [6.07, 6.45) is 3.24. The highest BCUT2D eigenvalue weighted by Crippen LogP contribution is 2.36. The van der Waals surface area contributed by atoms with E-state index in [4.69, 9.17) is 0 Å². The van der Waals surface area contributed by atoms with Gasteiger partial charge in [-0.1, -0.05) is 0 Å². The number of alkyl halides is 2. The van der Waals surface area contributed by atoms with E-state index in [1.165, 1.54) is 12.1 Å². The summed E-state index contributed by atoms with van der Waals surface area (Å²) in [6, 6.07) is 6.08. The summed E-state index contributed by atoms with van der Waals surface area (Å²) >= 11 is 0. The molecule has 1 unspecified atom stereocenters. The number of phenolic OH excluding ortho intramolecular Hbond substituents is 1. The van der Waals surface area contributed by atoms with Gasteiger partial charge in [0.15, 0.2) is 5.82 Å². The van der Waals surface area contributed by atoms with Crippen LogP contribution in [0.2, 0.25) is 0 Å². The molecule has 2 aromatic rings. The SMILES string of the molecule is Cc1cc(OC(F)F)cc(O)c1-c1cc(C#N)c(NC2CCCN(CCC=O)C2)nn1. The lowest BCUT2D eigenvalue weighted by molar-refractivity contribution is -0.108. The average molecular weight is 431 g/mol. The van der Waals surface area contributed by atoms with Gasteiger partial charge in [0, 0.05) is 37.2 Å². The molecule has 31 heavy (non-hydrogen) atoms. The second-order valence-corrected chi connectivity index (χ2v) is 7.36. The van der Waals surface area contributed by atoms with Crippen molar-refractivity contribution < 1.29 is 23.4 Å². The van der Waals surface area contributed by atoms with Crippen LogP contribution in [0.3, 0.4) is 0 Å². The maximum Gasteiger partial charge on any atom is 0.387 e. The van der Waals surface area contributed by atoms with Crippen LogP contribution >= 0.6 is 0 Å². The smallest absolute Gasteiger partial charge is 0.387 e. The number of nitrogens with one attached hydrogen (secondary N) is 1. The zero-order chi connectivity index (χ0) is 22.4. The lowest BCUT2D eigenvalue weighted by Gasteiger charge is -2.33. The van der Waals surface area contributed by atoms with Gasteiger partial charge in [0.2, 0.25) is 0 Å². The van der Waals surface area contributed by atoms with E-state index < -0.39 is 6.61 Å². The lowest BCUT2D eigenvalue weighted by Crippen LogP contribution is -2.42. The third kappa shape index (κ3) is 5.64. The Bertz CT molecular complexity index is 957. The number of likely N-dealkylation sites (tertiary alicyclic amines) is 1. The van der Waals surface area contributed by atoms with E-state index in [9.17, 15) is 23.9 Å². The lowest BCUT2D eigenvalue weighted by atomic mass is 10.0. The molecule has 1 aliphatic heterocycles. The fourth-order valence-electron chi connectivity index (χ4n) is 3.75. The molecule has 0 aliphatic carbocycles. The van der Waals surface area contributed by atoms with Crippen molar-refractivity contribution in [1.82, 2.24) is 15.1 Å². The van der Waals surface area contributed by atoms with Crippen molar-refractivity contribution >= 4 is 12.1 Å². The monoisotopic (exact) mass is 431 g/mol. The van der Waals surface area contributed by atoms with Crippen LogP contribution in [0.4, 0.5) is 14.6 Å². The van der Waals surface area contributed by atoms with E-state index in [0.717, 1.165) is 38.3 Å². The van der Waals surface area contributed by atoms with E-state index in [0.29, 0.717) is 24.3 Å². The van der Waals surface area contributed by atoms with Gasteiger partial charge in [0.05, 0.1) is 11.3 Å². The van der Waals surface area contributed by atoms with Crippen LogP contribution in [0.25, 0.3) is 11.3 Å². The summed E-state index contributed by atoms with van der Waals surface area (Å²) in [5.74, 6) is -0.132. The number of aldehydes is 1. The van der Waals surface area contributed by atoms with E-state index in [2.05, 4.69) is 31.2 Å². The van der Waals surface area contributed by atoms with Gasteiger partial charge in [-0.25, -0.2) is 0 Å². The highest BCUT2D eigenvalue weighted by Gasteiger charge is 2.22. The molecular weight excluding hydrogens is 408 g/mol. The molecule has 1 fully saturated rings. The number of carbonyl (C=O) groups is 1. The topological polar surface area (TPSA) is 111 Å². The van der Waals surface area contributed by atoms with Crippen molar-refractivity contribution in [3.8, 4) is 28.8 Å². The Morgan fingerprint density at radius 2 is 2.23 bits per heavy atom. The summed E-state index contributed by atoms with van der Waals surface area (Å²) in [6.45, 7) is 0.957. The molecule has 2 heterocycles. The Hall–Kier alpha value is -3.32. The minimum Gasteiger partial charge on any atom is -0.507 e. The summed E-state index contributed by atoms with van der Waals surface area (Å²) < 4.78 is 29.2. The van der Waals surface area contributed by atoms with Crippen LogP contribution in [-0.4, -0.2) is 58.8 Å². The molecule has 3 rings (SSSR count). The van der Waals surface area contributed by atoms with Crippen molar-refractivity contribution in [3.05, 3.63) is 29.3 Å². The van der Waals surface area contributed by atoms with E-state index in [1.807, 2.05) is 0 Å². The van der Waals surface area contributed by atoms with Crippen molar-refractivity contribution in [3.63, 3.8) is 0 Å². The third-order valence-electron chi connectivity index (χ3n) is 5.09. The van der Waals surface area contributed by atoms with Crippen molar-refractivity contribution in [2.45, 2.75) is 38.8 Å². The summed E-state index contributed by atoms with van der Waals surface area (Å²) in [4.78, 5) is 12.8. The maximum atomic E-state index is 12.4. The number of hydrogen-bond donors (Lipinski definition) is 2. The Labute approximate surface area is 178 Å². The Kier molecular flexibility index (Phi) is 7.31. The molecule has 0 amide bonds. The Morgan fingerprint density at radius 3 is 2.90 bits per heavy atom. The molecule has 1 aliphatic rings. The largest absolute Gasteiger partial charge is 0.507 e. The number of nitriles is 1. The molecule has 10 heteroatoms. The third-order valence-corrected chi connectivity index (χ3v) is 5.09. The molecule has 164 valence electrons. The number of rotatable bonds is 8. The minimum atomic E-state index is -3.01. The van der Waals surface area contributed by atoms with Gasteiger partial charge >= 0.3 is 6.61 Å². The molecule has 1 saturated heterocycles.